The van der Waals surface area contributed by atoms with Crippen molar-refractivity contribution in [3.63, 3.8) is 0 Å². The van der Waals surface area contributed by atoms with Crippen molar-refractivity contribution in [1.29, 1.82) is 0 Å². The van der Waals surface area contributed by atoms with Crippen molar-refractivity contribution >= 4 is 14.0 Å². The zero-order valence-corrected chi connectivity index (χ0v) is 17.6. The van der Waals surface area contributed by atoms with Gasteiger partial charge in [-0.1, -0.05) is 0 Å². The van der Waals surface area contributed by atoms with E-state index in [9.17, 15) is 0 Å². The smallest absolute Gasteiger partial charge is 1.00 e. The Morgan fingerprint density at radius 3 is 2.52 bits per heavy atom. The molecule has 2 aliphatic rings. The first-order valence-corrected chi connectivity index (χ1v) is 10.6. The summed E-state index contributed by atoms with van der Waals surface area (Å²) < 4.78 is 3.33. The number of hydrogen-bond acceptors (Lipinski definition) is 0. The number of benzene rings is 3. The van der Waals surface area contributed by atoms with Gasteiger partial charge in [0.25, 0.3) is 0 Å². The average Bonchev–Trinajstić information content (AvgIpc) is 3.22. The number of fused-ring (bicyclic) bond motifs is 5. The molecule has 0 aliphatic heterocycles. The molecule has 2 aliphatic carbocycles. The second-order valence-corrected chi connectivity index (χ2v) is 9.80. The summed E-state index contributed by atoms with van der Waals surface area (Å²) in [7, 11) is 0. The predicted octanol–water partition coefficient (Wildman–Crippen LogP) is -1.03. The predicted molar refractivity (Wildman–Crippen MR) is 93.7 cm³/mol. The molecule has 25 heavy (non-hydrogen) atoms. The summed E-state index contributed by atoms with van der Waals surface area (Å²) in [4.78, 5) is 0. The van der Waals surface area contributed by atoms with E-state index in [4.69, 9.17) is 0 Å². The number of halogens is 2. The van der Waals surface area contributed by atoms with Gasteiger partial charge in [0.2, 0.25) is 0 Å². The van der Waals surface area contributed by atoms with Gasteiger partial charge in [-0.05, 0) is 0 Å². The summed E-state index contributed by atoms with van der Waals surface area (Å²) in [5.74, 6) is 0. The summed E-state index contributed by atoms with van der Waals surface area (Å²) in [6, 6.07) is 20.5. The Hall–Kier alpha value is -1.14. The van der Waals surface area contributed by atoms with E-state index >= 15 is 0 Å². The van der Waals surface area contributed by atoms with Gasteiger partial charge in [0.05, 0.1) is 0 Å². The Bertz CT molecular complexity index is 1000. The third-order valence-corrected chi connectivity index (χ3v) is 8.28. The monoisotopic (exact) mass is 440 g/mol. The van der Waals surface area contributed by atoms with Crippen molar-refractivity contribution in [3.05, 3.63) is 87.2 Å². The van der Waals surface area contributed by atoms with Crippen LogP contribution in [-0.4, -0.2) is 0 Å². The normalized spacial score (nSPS) is 13.4. The molecule has 0 saturated heterocycles. The topological polar surface area (TPSA) is 0 Å². The number of hydrogen-bond donors (Lipinski definition) is 0. The van der Waals surface area contributed by atoms with E-state index in [-0.39, 0.29) is 24.8 Å². The van der Waals surface area contributed by atoms with Gasteiger partial charge in [-0.25, -0.2) is 0 Å². The van der Waals surface area contributed by atoms with E-state index in [1.54, 1.807) is 17.5 Å². The Morgan fingerprint density at radius 1 is 0.800 bits per heavy atom. The van der Waals surface area contributed by atoms with Gasteiger partial charge >= 0.3 is 148 Å². The van der Waals surface area contributed by atoms with E-state index in [1.165, 1.54) is 28.5 Å². The van der Waals surface area contributed by atoms with Crippen LogP contribution in [0.1, 0.15) is 17.5 Å². The maximum absolute atomic E-state index is 2.39. The zero-order valence-electron chi connectivity index (χ0n) is 13.6. The van der Waals surface area contributed by atoms with E-state index in [0.717, 1.165) is 6.42 Å². The summed E-state index contributed by atoms with van der Waals surface area (Å²) >= 11 is -0.683. The van der Waals surface area contributed by atoms with Gasteiger partial charge in [-0.15, -0.1) is 0 Å². The van der Waals surface area contributed by atoms with Crippen molar-refractivity contribution in [1.82, 2.24) is 0 Å². The Morgan fingerprint density at radius 2 is 1.68 bits per heavy atom. The largest absolute Gasteiger partial charge is 1.00 e. The third kappa shape index (κ3) is 3.19. The molecule has 0 saturated carbocycles. The minimum atomic E-state index is -0.683. The molecular weight excluding hydrogens is 426 g/mol. The maximum Gasteiger partial charge on any atom is -1.00 e. The van der Waals surface area contributed by atoms with Crippen molar-refractivity contribution in [2.24, 2.45) is 0 Å². The fraction of sp³-hybridized carbons (Fsp3) is 0.0909. The minimum Gasteiger partial charge on any atom is -1.00 e. The standard InChI is InChI=1S/C17H11.C5H5.2ClH.Zr/c1-3-7-14-12(5-1)9-10-16-15-8-4-2-6-13(15)11-17(14)16;1-2-4-5-3-1;;;/h1-6,8-10H,11H2;1-3H,4H2;2*1H;/q;;;;+2/p-2. The van der Waals surface area contributed by atoms with Crippen molar-refractivity contribution in [2.45, 2.75) is 12.8 Å². The fourth-order valence-electron chi connectivity index (χ4n) is 3.83. The molecule has 0 nitrogen and oxygen atoms in total. The molecule has 0 radical (unpaired) electrons. The summed E-state index contributed by atoms with van der Waals surface area (Å²) in [6.45, 7) is 0. The quantitative estimate of drug-likeness (QED) is 0.373. The molecule has 0 spiro atoms. The first-order valence-electron chi connectivity index (χ1n) is 8.16. The Balaban J connectivity index is 0.000000911. The molecule has 0 amide bonds. The van der Waals surface area contributed by atoms with Crippen LogP contribution >= 0.6 is 0 Å². The van der Waals surface area contributed by atoms with E-state index in [0.29, 0.717) is 0 Å². The van der Waals surface area contributed by atoms with Gasteiger partial charge in [-0.3, -0.25) is 0 Å². The van der Waals surface area contributed by atoms with E-state index in [1.807, 2.05) is 0 Å². The number of allylic oxidation sites excluding steroid dienone is 4. The molecular formula is C22H16Cl2Zr. The van der Waals surface area contributed by atoms with Crippen LogP contribution in [-0.2, 0) is 29.7 Å². The zero-order chi connectivity index (χ0) is 15.2. The van der Waals surface area contributed by atoms with Crippen molar-refractivity contribution in [3.8, 4) is 11.1 Å². The van der Waals surface area contributed by atoms with E-state index < -0.39 is 23.2 Å². The van der Waals surface area contributed by atoms with Crippen LogP contribution in [0.2, 0.25) is 0 Å². The first-order chi connectivity index (χ1) is 11.4. The molecule has 3 aromatic carbocycles. The second kappa shape index (κ2) is 7.62. The van der Waals surface area contributed by atoms with Gasteiger partial charge in [0.1, 0.15) is 0 Å². The first kappa shape index (κ1) is 18.6. The summed E-state index contributed by atoms with van der Waals surface area (Å²) in [6.07, 6.45) is 9.14. The second-order valence-electron chi connectivity index (χ2n) is 6.28. The van der Waals surface area contributed by atoms with Gasteiger partial charge in [0, 0.05) is 0 Å². The molecule has 0 atom stereocenters. The molecule has 0 heterocycles. The van der Waals surface area contributed by atoms with Crippen LogP contribution in [0.5, 0.6) is 0 Å². The summed E-state index contributed by atoms with van der Waals surface area (Å²) in [5.41, 5.74) is 5.94. The van der Waals surface area contributed by atoms with E-state index in [2.05, 4.69) is 72.8 Å². The molecule has 0 N–H and O–H groups in total. The van der Waals surface area contributed by atoms with Gasteiger partial charge < -0.3 is 24.8 Å². The third-order valence-electron chi connectivity index (χ3n) is 4.89. The SMILES string of the molecule is C1=CC[C]([Zr+2][c]2cccc3ccc4c(c23)Cc2ccccc2-4)=C1.[Cl-].[Cl-]. The Kier molecular flexibility index (Phi) is 5.69. The van der Waals surface area contributed by atoms with Crippen LogP contribution in [0.4, 0.5) is 0 Å². The van der Waals surface area contributed by atoms with Gasteiger partial charge in [-0.2, -0.15) is 0 Å². The molecule has 0 fully saturated rings. The van der Waals surface area contributed by atoms with Crippen LogP contribution in [0.15, 0.2) is 76.1 Å². The van der Waals surface area contributed by atoms with Crippen LogP contribution in [0.25, 0.3) is 21.9 Å². The Labute approximate surface area is 172 Å². The van der Waals surface area contributed by atoms with Crippen LogP contribution in [0, 0.1) is 0 Å². The molecule has 3 heteroatoms. The molecule has 122 valence electrons. The molecule has 5 rings (SSSR count). The summed E-state index contributed by atoms with van der Waals surface area (Å²) in [5, 5.41) is 2.97. The molecule has 0 bridgehead atoms. The van der Waals surface area contributed by atoms with Crippen LogP contribution < -0.4 is 28.1 Å². The maximum atomic E-state index is 2.39. The average molecular weight is 443 g/mol. The van der Waals surface area contributed by atoms with Crippen molar-refractivity contribution < 1.29 is 48.0 Å². The molecule has 0 aromatic heterocycles. The molecule has 3 aromatic rings. The fourth-order valence-corrected chi connectivity index (χ4v) is 7.14. The van der Waals surface area contributed by atoms with Gasteiger partial charge in [0.15, 0.2) is 0 Å². The molecule has 0 unspecified atom stereocenters. The minimum absolute atomic E-state index is 0. The number of rotatable bonds is 2. The van der Waals surface area contributed by atoms with Crippen LogP contribution in [0.3, 0.4) is 0 Å². The van der Waals surface area contributed by atoms with Crippen molar-refractivity contribution in [2.75, 3.05) is 0 Å².